The molecule has 1 aliphatic heterocycles. The van der Waals surface area contributed by atoms with E-state index in [0.29, 0.717) is 19.8 Å². The van der Waals surface area contributed by atoms with Crippen molar-refractivity contribution in [2.75, 3.05) is 32.8 Å². The first-order chi connectivity index (χ1) is 9.74. The van der Waals surface area contributed by atoms with Gasteiger partial charge in [-0.2, -0.15) is 0 Å². The van der Waals surface area contributed by atoms with E-state index >= 15 is 0 Å². The molecule has 0 saturated carbocycles. The molecule has 20 heavy (non-hydrogen) atoms. The third-order valence-electron chi connectivity index (χ3n) is 3.46. The van der Waals surface area contributed by atoms with Crippen LogP contribution in [0.4, 0.5) is 0 Å². The fourth-order valence-electron chi connectivity index (χ4n) is 2.43. The molecule has 112 valence electrons. The number of ether oxygens (including phenoxy) is 2. The number of nitrogens with zero attached hydrogens (tertiary/aromatic N) is 1. The van der Waals surface area contributed by atoms with Gasteiger partial charge in [0, 0.05) is 13.1 Å². The molecule has 1 heterocycles. The Bertz CT molecular complexity index is 434. The second-order valence-electron chi connectivity index (χ2n) is 4.94. The Kier molecular flexibility index (Phi) is 6.13. The van der Waals surface area contributed by atoms with Crippen molar-refractivity contribution in [2.45, 2.75) is 26.3 Å². The van der Waals surface area contributed by atoms with Gasteiger partial charge in [0.15, 0.2) is 11.5 Å². The number of halogens is 1. The van der Waals surface area contributed by atoms with Gasteiger partial charge < -0.3 is 15.2 Å². The summed E-state index contributed by atoms with van der Waals surface area (Å²) in [5, 5.41) is 0. The summed E-state index contributed by atoms with van der Waals surface area (Å²) >= 11 is 3.55. The van der Waals surface area contributed by atoms with Crippen LogP contribution in [0.25, 0.3) is 0 Å². The van der Waals surface area contributed by atoms with Gasteiger partial charge in [-0.25, -0.2) is 0 Å². The van der Waals surface area contributed by atoms with E-state index in [1.807, 2.05) is 19.1 Å². The molecule has 1 aliphatic rings. The van der Waals surface area contributed by atoms with Crippen LogP contribution in [-0.2, 0) is 6.54 Å². The van der Waals surface area contributed by atoms with Gasteiger partial charge in [-0.1, -0.05) is 0 Å². The largest absolute Gasteiger partial charge is 0.490 e. The molecule has 0 aliphatic carbocycles. The van der Waals surface area contributed by atoms with Crippen molar-refractivity contribution in [3.05, 3.63) is 22.2 Å². The average Bonchev–Trinajstić information content (AvgIpc) is 2.95. The maximum atomic E-state index is 5.93. The predicted octanol–water partition coefficient (Wildman–Crippen LogP) is 2.78. The van der Waals surface area contributed by atoms with Crippen LogP contribution in [0.3, 0.4) is 0 Å². The third kappa shape index (κ3) is 4.11. The van der Waals surface area contributed by atoms with Gasteiger partial charge in [0.25, 0.3) is 0 Å². The molecule has 1 aromatic rings. The van der Waals surface area contributed by atoms with E-state index in [1.165, 1.54) is 25.9 Å². The van der Waals surface area contributed by atoms with Crippen molar-refractivity contribution in [3.8, 4) is 11.5 Å². The Hall–Kier alpha value is -0.780. The molecule has 0 radical (unpaired) electrons. The van der Waals surface area contributed by atoms with Crippen LogP contribution < -0.4 is 15.2 Å². The number of benzene rings is 1. The summed E-state index contributed by atoms with van der Waals surface area (Å²) < 4.78 is 12.5. The molecule has 0 amide bonds. The zero-order valence-electron chi connectivity index (χ0n) is 12.0. The van der Waals surface area contributed by atoms with E-state index in [4.69, 9.17) is 15.2 Å². The van der Waals surface area contributed by atoms with E-state index in [2.05, 4.69) is 20.8 Å². The van der Waals surface area contributed by atoms with Gasteiger partial charge in [0.2, 0.25) is 0 Å². The fourth-order valence-corrected chi connectivity index (χ4v) is 3.03. The highest BCUT2D eigenvalue weighted by atomic mass is 79.9. The lowest BCUT2D eigenvalue weighted by atomic mass is 10.2. The normalized spacial score (nSPS) is 15.6. The van der Waals surface area contributed by atoms with E-state index < -0.39 is 0 Å². The summed E-state index contributed by atoms with van der Waals surface area (Å²) in [6, 6.07) is 3.95. The topological polar surface area (TPSA) is 47.7 Å². The Morgan fingerprint density at radius 2 is 2.00 bits per heavy atom. The van der Waals surface area contributed by atoms with Crippen molar-refractivity contribution in [1.29, 1.82) is 0 Å². The zero-order valence-corrected chi connectivity index (χ0v) is 13.6. The molecule has 1 aromatic carbocycles. The number of hydrogen-bond acceptors (Lipinski definition) is 4. The summed E-state index contributed by atoms with van der Waals surface area (Å²) in [6.45, 7) is 7.11. The lowest BCUT2D eigenvalue weighted by Gasteiger charge is -2.18. The number of nitrogens with two attached hydrogens (primary N) is 1. The molecule has 5 heteroatoms. The van der Waals surface area contributed by atoms with Gasteiger partial charge in [0.05, 0.1) is 11.1 Å². The van der Waals surface area contributed by atoms with Gasteiger partial charge in [-0.15, -0.1) is 0 Å². The van der Waals surface area contributed by atoms with Gasteiger partial charge in [0.1, 0.15) is 6.61 Å². The summed E-state index contributed by atoms with van der Waals surface area (Å²) in [4.78, 5) is 2.43. The minimum absolute atomic E-state index is 0.493. The van der Waals surface area contributed by atoms with Crippen LogP contribution in [0.5, 0.6) is 11.5 Å². The molecule has 0 atom stereocenters. The summed E-state index contributed by atoms with van der Waals surface area (Å²) in [6.07, 6.45) is 2.61. The molecule has 0 unspecified atom stereocenters. The molecule has 4 nitrogen and oxygen atoms in total. The van der Waals surface area contributed by atoms with Crippen LogP contribution in [0.2, 0.25) is 0 Å². The summed E-state index contributed by atoms with van der Waals surface area (Å²) in [5.74, 6) is 1.55. The standard InChI is InChI=1S/C15H23BrN2O2/c1-2-19-14-10-12(11-17)9-13(16)15(14)20-8-7-18-5-3-4-6-18/h9-10H,2-8,11,17H2,1H3. The number of likely N-dealkylation sites (tertiary alicyclic amines) is 1. The van der Waals surface area contributed by atoms with Crippen LogP contribution in [0.1, 0.15) is 25.3 Å². The van der Waals surface area contributed by atoms with Crippen molar-refractivity contribution in [2.24, 2.45) is 5.73 Å². The molecular weight excluding hydrogens is 320 g/mol. The summed E-state index contributed by atoms with van der Waals surface area (Å²) in [5.41, 5.74) is 6.73. The van der Waals surface area contributed by atoms with Crippen LogP contribution >= 0.6 is 15.9 Å². The maximum Gasteiger partial charge on any atom is 0.175 e. The Morgan fingerprint density at radius 3 is 2.65 bits per heavy atom. The SMILES string of the molecule is CCOc1cc(CN)cc(Br)c1OCCN1CCCC1. The number of rotatable bonds is 7. The quantitative estimate of drug-likeness (QED) is 0.827. The average molecular weight is 343 g/mol. The second kappa shape index (κ2) is 7.86. The van der Waals surface area contributed by atoms with E-state index in [-0.39, 0.29) is 0 Å². The molecule has 2 rings (SSSR count). The van der Waals surface area contributed by atoms with Crippen LogP contribution in [0, 0.1) is 0 Å². The smallest absolute Gasteiger partial charge is 0.175 e. The monoisotopic (exact) mass is 342 g/mol. The second-order valence-corrected chi connectivity index (χ2v) is 5.79. The Morgan fingerprint density at radius 1 is 1.25 bits per heavy atom. The molecule has 0 bridgehead atoms. The number of hydrogen-bond donors (Lipinski definition) is 1. The molecule has 1 saturated heterocycles. The molecule has 0 spiro atoms. The summed E-state index contributed by atoms with van der Waals surface area (Å²) in [7, 11) is 0. The van der Waals surface area contributed by atoms with Gasteiger partial charge >= 0.3 is 0 Å². The molecular formula is C15H23BrN2O2. The van der Waals surface area contributed by atoms with Crippen LogP contribution in [-0.4, -0.2) is 37.7 Å². The first-order valence-corrected chi connectivity index (χ1v) is 8.04. The minimum atomic E-state index is 0.493. The highest BCUT2D eigenvalue weighted by molar-refractivity contribution is 9.10. The highest BCUT2D eigenvalue weighted by Crippen LogP contribution is 2.36. The predicted molar refractivity (Wildman–Crippen MR) is 84.4 cm³/mol. The van der Waals surface area contributed by atoms with Crippen molar-refractivity contribution in [3.63, 3.8) is 0 Å². The molecule has 2 N–H and O–H groups in total. The van der Waals surface area contributed by atoms with E-state index in [9.17, 15) is 0 Å². The van der Waals surface area contributed by atoms with Gasteiger partial charge in [-0.3, -0.25) is 4.90 Å². The molecule has 1 fully saturated rings. The zero-order chi connectivity index (χ0) is 14.4. The van der Waals surface area contributed by atoms with Crippen molar-refractivity contribution < 1.29 is 9.47 Å². The fraction of sp³-hybridized carbons (Fsp3) is 0.600. The third-order valence-corrected chi connectivity index (χ3v) is 4.05. The van der Waals surface area contributed by atoms with Crippen molar-refractivity contribution >= 4 is 15.9 Å². The highest BCUT2D eigenvalue weighted by Gasteiger charge is 2.14. The lowest BCUT2D eigenvalue weighted by molar-refractivity contribution is 0.225. The Labute approximate surface area is 129 Å². The minimum Gasteiger partial charge on any atom is -0.490 e. The van der Waals surface area contributed by atoms with E-state index in [0.717, 1.165) is 28.1 Å². The van der Waals surface area contributed by atoms with Crippen LogP contribution in [0.15, 0.2) is 16.6 Å². The van der Waals surface area contributed by atoms with E-state index in [1.54, 1.807) is 0 Å². The van der Waals surface area contributed by atoms with Gasteiger partial charge in [-0.05, 0) is 66.5 Å². The first-order valence-electron chi connectivity index (χ1n) is 7.25. The molecule has 0 aromatic heterocycles. The lowest BCUT2D eigenvalue weighted by Crippen LogP contribution is -2.25. The Balaban J connectivity index is 2.00. The maximum absolute atomic E-state index is 5.93. The van der Waals surface area contributed by atoms with Crippen molar-refractivity contribution in [1.82, 2.24) is 4.90 Å². The first kappa shape index (κ1) is 15.6.